The fraction of sp³-hybridized carbons (Fsp3) is 0. The third kappa shape index (κ3) is 4.90. The summed E-state index contributed by atoms with van der Waals surface area (Å²) < 4.78 is 0. The highest BCUT2D eigenvalue weighted by Gasteiger charge is 2.13. The number of carbonyl (C=O) groups excluding carboxylic acids is 1. The lowest BCUT2D eigenvalue weighted by molar-refractivity contribution is -0.228. The SMILES string of the molecule is C=CC(=O)OO.O=C(O)c1ccccc1C(=O)O. The summed E-state index contributed by atoms with van der Waals surface area (Å²) in [6.45, 7) is 3.00. The molecule has 0 saturated heterocycles. The van der Waals surface area contributed by atoms with Gasteiger partial charge in [-0.3, -0.25) is 4.89 Å². The molecule has 1 aromatic rings. The number of aromatic carboxylic acids is 2. The Morgan fingerprint density at radius 3 is 1.61 bits per heavy atom. The van der Waals surface area contributed by atoms with Crippen LogP contribution in [0.15, 0.2) is 36.9 Å². The van der Waals surface area contributed by atoms with E-state index < -0.39 is 17.9 Å². The van der Waals surface area contributed by atoms with Crippen LogP contribution in [-0.2, 0) is 9.68 Å². The van der Waals surface area contributed by atoms with Crippen molar-refractivity contribution in [1.29, 1.82) is 0 Å². The third-order valence-electron chi connectivity index (χ3n) is 1.64. The second-order valence-electron chi connectivity index (χ2n) is 2.77. The summed E-state index contributed by atoms with van der Waals surface area (Å²) in [4.78, 5) is 33.7. The summed E-state index contributed by atoms with van der Waals surface area (Å²) in [5.74, 6) is -3.30. The lowest BCUT2D eigenvalue weighted by Crippen LogP contribution is -2.06. The van der Waals surface area contributed by atoms with Crippen LogP contribution in [0.25, 0.3) is 0 Å². The van der Waals surface area contributed by atoms with Gasteiger partial charge in [-0.1, -0.05) is 18.7 Å². The zero-order valence-corrected chi connectivity index (χ0v) is 9.07. The van der Waals surface area contributed by atoms with E-state index in [1.54, 1.807) is 0 Å². The van der Waals surface area contributed by atoms with Crippen LogP contribution in [0.1, 0.15) is 20.7 Å². The van der Waals surface area contributed by atoms with Crippen molar-refractivity contribution in [3.05, 3.63) is 48.0 Å². The maximum atomic E-state index is 10.5. The van der Waals surface area contributed by atoms with Gasteiger partial charge < -0.3 is 10.2 Å². The molecule has 0 amide bonds. The Bertz CT molecular complexity index is 431. The van der Waals surface area contributed by atoms with Crippen LogP contribution >= 0.6 is 0 Å². The van der Waals surface area contributed by atoms with Gasteiger partial charge >= 0.3 is 17.9 Å². The number of carboxylic acids is 2. The molecule has 0 fully saturated rings. The zero-order valence-electron chi connectivity index (χ0n) is 9.07. The van der Waals surface area contributed by atoms with Gasteiger partial charge in [-0.05, 0) is 12.1 Å². The summed E-state index contributed by atoms with van der Waals surface area (Å²) in [5, 5.41) is 24.5. The van der Waals surface area contributed by atoms with E-state index in [-0.39, 0.29) is 11.1 Å². The van der Waals surface area contributed by atoms with Gasteiger partial charge in [0.15, 0.2) is 0 Å². The maximum absolute atomic E-state index is 10.5. The van der Waals surface area contributed by atoms with Gasteiger partial charge in [0.2, 0.25) is 0 Å². The predicted octanol–water partition coefficient (Wildman–Crippen LogP) is 1.27. The summed E-state index contributed by atoms with van der Waals surface area (Å²) >= 11 is 0. The van der Waals surface area contributed by atoms with Crippen LogP contribution in [0.4, 0.5) is 0 Å². The zero-order chi connectivity index (χ0) is 14.1. The highest BCUT2D eigenvalue weighted by Crippen LogP contribution is 2.07. The van der Waals surface area contributed by atoms with Crippen LogP contribution in [0.5, 0.6) is 0 Å². The number of hydrogen-bond donors (Lipinski definition) is 3. The maximum Gasteiger partial charge on any atom is 0.365 e. The fourth-order valence-corrected chi connectivity index (χ4v) is 0.893. The number of carbonyl (C=O) groups is 3. The molecule has 0 bridgehead atoms. The highest BCUT2D eigenvalue weighted by molar-refractivity contribution is 6.01. The fourth-order valence-electron chi connectivity index (χ4n) is 0.893. The van der Waals surface area contributed by atoms with E-state index in [0.29, 0.717) is 0 Å². The van der Waals surface area contributed by atoms with Gasteiger partial charge in [-0.15, -0.1) is 0 Å². The highest BCUT2D eigenvalue weighted by atomic mass is 17.1. The molecule has 18 heavy (non-hydrogen) atoms. The predicted molar refractivity (Wildman–Crippen MR) is 59.3 cm³/mol. The summed E-state index contributed by atoms with van der Waals surface area (Å²) in [6.07, 6.45) is 0.861. The average Bonchev–Trinajstić information content (AvgIpc) is 2.38. The molecule has 0 radical (unpaired) electrons. The van der Waals surface area contributed by atoms with Crippen molar-refractivity contribution in [2.45, 2.75) is 0 Å². The van der Waals surface area contributed by atoms with Gasteiger partial charge in [0.05, 0.1) is 11.1 Å². The van der Waals surface area contributed by atoms with E-state index in [2.05, 4.69) is 11.5 Å². The Labute approximate surface area is 101 Å². The van der Waals surface area contributed by atoms with Crippen molar-refractivity contribution in [2.24, 2.45) is 0 Å². The van der Waals surface area contributed by atoms with Gasteiger partial charge in [-0.2, -0.15) is 5.26 Å². The quantitative estimate of drug-likeness (QED) is 0.421. The summed E-state index contributed by atoms with van der Waals surface area (Å²) in [7, 11) is 0. The molecule has 3 N–H and O–H groups in total. The van der Waals surface area contributed by atoms with Crippen molar-refractivity contribution < 1.29 is 34.7 Å². The number of hydrogen-bond acceptors (Lipinski definition) is 5. The first-order valence-corrected chi connectivity index (χ1v) is 4.47. The van der Waals surface area contributed by atoms with Gasteiger partial charge in [0, 0.05) is 6.08 Å². The van der Waals surface area contributed by atoms with E-state index in [9.17, 15) is 14.4 Å². The molecule has 0 aromatic heterocycles. The lowest BCUT2D eigenvalue weighted by atomic mass is 10.1. The molecular weight excluding hydrogens is 244 g/mol. The summed E-state index contributed by atoms with van der Waals surface area (Å²) in [6, 6.07) is 5.48. The Kier molecular flexibility index (Phi) is 6.45. The molecule has 0 heterocycles. The first-order valence-electron chi connectivity index (χ1n) is 4.47. The van der Waals surface area contributed by atoms with Crippen molar-refractivity contribution in [2.75, 3.05) is 0 Å². The molecule has 0 saturated carbocycles. The molecule has 7 nitrogen and oxygen atoms in total. The van der Waals surface area contributed by atoms with Crippen molar-refractivity contribution in [1.82, 2.24) is 0 Å². The number of rotatable bonds is 3. The monoisotopic (exact) mass is 254 g/mol. The average molecular weight is 254 g/mol. The Hall–Kier alpha value is -2.67. The van der Waals surface area contributed by atoms with Crippen LogP contribution < -0.4 is 0 Å². The topological polar surface area (TPSA) is 121 Å². The largest absolute Gasteiger partial charge is 0.478 e. The molecule has 96 valence electrons. The second-order valence-corrected chi connectivity index (χ2v) is 2.77. The summed E-state index contributed by atoms with van der Waals surface area (Å²) in [5.41, 5.74) is -0.380. The number of benzene rings is 1. The Balaban J connectivity index is 0.000000411. The first kappa shape index (κ1) is 15.3. The molecule has 0 aliphatic heterocycles. The lowest BCUT2D eigenvalue weighted by Gasteiger charge is -1.98. The minimum Gasteiger partial charge on any atom is -0.478 e. The Morgan fingerprint density at radius 1 is 1.06 bits per heavy atom. The van der Waals surface area contributed by atoms with Gasteiger partial charge in [0.25, 0.3) is 0 Å². The third-order valence-corrected chi connectivity index (χ3v) is 1.64. The molecule has 0 aliphatic carbocycles. The van der Waals surface area contributed by atoms with Gasteiger partial charge in [0.1, 0.15) is 0 Å². The van der Waals surface area contributed by atoms with Crippen LogP contribution in [0.2, 0.25) is 0 Å². The molecule has 0 unspecified atom stereocenters. The smallest absolute Gasteiger partial charge is 0.365 e. The van der Waals surface area contributed by atoms with Crippen LogP contribution in [0.3, 0.4) is 0 Å². The molecule has 0 atom stereocenters. The van der Waals surface area contributed by atoms with Crippen molar-refractivity contribution >= 4 is 17.9 Å². The first-order chi connectivity index (χ1) is 8.43. The second kappa shape index (κ2) is 7.58. The standard InChI is InChI=1S/C8H6O4.C3H4O3/c9-7(10)5-3-1-2-4-6(5)8(11)12;1-2-3(4)6-5/h1-4H,(H,9,10)(H,11,12);2,5H,1H2. The normalized spacial score (nSPS) is 8.50. The van der Waals surface area contributed by atoms with Crippen molar-refractivity contribution in [3.63, 3.8) is 0 Å². The molecule has 1 aromatic carbocycles. The van der Waals surface area contributed by atoms with Crippen molar-refractivity contribution in [3.8, 4) is 0 Å². The minimum absolute atomic E-state index is 0.190. The molecule has 0 spiro atoms. The molecule has 0 aliphatic rings. The van der Waals surface area contributed by atoms with E-state index in [0.717, 1.165) is 6.08 Å². The molecule has 7 heteroatoms. The number of carboxylic acid groups (broad SMARTS) is 2. The van der Waals surface area contributed by atoms with E-state index in [1.807, 2.05) is 0 Å². The van der Waals surface area contributed by atoms with E-state index in [1.165, 1.54) is 24.3 Å². The van der Waals surface area contributed by atoms with E-state index in [4.69, 9.17) is 15.5 Å². The van der Waals surface area contributed by atoms with Crippen LogP contribution in [-0.4, -0.2) is 33.4 Å². The molecular formula is C11H10O7. The van der Waals surface area contributed by atoms with Crippen LogP contribution in [0, 0.1) is 0 Å². The minimum atomic E-state index is -1.23. The molecule has 1 rings (SSSR count). The van der Waals surface area contributed by atoms with E-state index >= 15 is 0 Å². The Morgan fingerprint density at radius 2 is 1.44 bits per heavy atom. The van der Waals surface area contributed by atoms with Gasteiger partial charge in [-0.25, -0.2) is 14.4 Å².